The van der Waals surface area contributed by atoms with Gasteiger partial charge >= 0.3 is 0 Å². The molecule has 2 aromatic heterocycles. The number of nitrogens with zero attached hydrogens (tertiary/aromatic N) is 4. The van der Waals surface area contributed by atoms with Crippen LogP contribution in [0.2, 0.25) is 0 Å². The monoisotopic (exact) mass is 360 g/mol. The van der Waals surface area contributed by atoms with Crippen molar-refractivity contribution in [2.24, 2.45) is 0 Å². The number of hydrogen-bond acceptors (Lipinski definition) is 3. The lowest BCUT2D eigenvalue weighted by molar-refractivity contribution is -0.133. The second-order valence-electron chi connectivity index (χ2n) is 7.73. The molecular weight excluding hydrogens is 336 g/mol. The van der Waals surface area contributed by atoms with Crippen molar-refractivity contribution in [2.45, 2.75) is 51.1 Å². The smallest absolute Gasteiger partial charge is 0.232 e. The van der Waals surface area contributed by atoms with E-state index in [0.29, 0.717) is 0 Å². The molecule has 2 aliphatic rings. The van der Waals surface area contributed by atoms with E-state index in [1.54, 1.807) is 0 Å². The molecular formula is C22H24N4O. The summed E-state index contributed by atoms with van der Waals surface area (Å²) in [6.45, 7) is 3.73. The number of benzene rings is 1. The SMILES string of the molecule is Cc1nc2ccccc2n1CC1CCCN1C(=O)C1CCc2cccnc21. The first-order valence-electron chi connectivity index (χ1n) is 9.88. The summed E-state index contributed by atoms with van der Waals surface area (Å²) >= 11 is 0. The zero-order valence-electron chi connectivity index (χ0n) is 15.6. The maximum absolute atomic E-state index is 13.4. The van der Waals surface area contributed by atoms with Crippen molar-refractivity contribution in [1.29, 1.82) is 0 Å². The van der Waals surface area contributed by atoms with Gasteiger partial charge in [0.1, 0.15) is 5.82 Å². The predicted octanol–water partition coefficient (Wildman–Crippen LogP) is 3.46. The number of carbonyl (C=O) groups excluding carboxylic acids is 1. The molecule has 0 N–H and O–H groups in total. The minimum Gasteiger partial charge on any atom is -0.337 e. The Balaban J connectivity index is 1.41. The van der Waals surface area contributed by atoms with Gasteiger partial charge in [-0.1, -0.05) is 18.2 Å². The van der Waals surface area contributed by atoms with Crippen LogP contribution in [-0.2, 0) is 17.8 Å². The van der Waals surface area contributed by atoms with Gasteiger partial charge in [0.05, 0.1) is 22.6 Å². The molecule has 1 aromatic carbocycles. The Morgan fingerprint density at radius 2 is 2.07 bits per heavy atom. The van der Waals surface area contributed by atoms with Crippen molar-refractivity contribution in [3.05, 3.63) is 59.7 Å². The number of amides is 1. The van der Waals surface area contributed by atoms with Gasteiger partial charge in [-0.15, -0.1) is 0 Å². The van der Waals surface area contributed by atoms with Gasteiger partial charge in [0.25, 0.3) is 0 Å². The molecule has 0 spiro atoms. The third-order valence-corrected chi connectivity index (χ3v) is 6.16. The quantitative estimate of drug-likeness (QED) is 0.719. The number of carbonyl (C=O) groups is 1. The first-order valence-corrected chi connectivity index (χ1v) is 9.88. The summed E-state index contributed by atoms with van der Waals surface area (Å²) in [5.74, 6) is 1.21. The number of imidazole rings is 1. The zero-order valence-corrected chi connectivity index (χ0v) is 15.6. The van der Waals surface area contributed by atoms with Gasteiger partial charge in [-0.05, 0) is 56.4 Å². The van der Waals surface area contributed by atoms with Crippen molar-refractivity contribution in [1.82, 2.24) is 19.4 Å². The molecule has 138 valence electrons. The highest BCUT2D eigenvalue weighted by Gasteiger charge is 2.37. The molecule has 3 aromatic rings. The Hall–Kier alpha value is -2.69. The molecule has 5 nitrogen and oxygen atoms in total. The second kappa shape index (κ2) is 6.48. The van der Waals surface area contributed by atoms with Crippen LogP contribution >= 0.6 is 0 Å². The lowest BCUT2D eigenvalue weighted by atomic mass is 10.0. The highest BCUT2D eigenvalue weighted by atomic mass is 16.2. The number of hydrogen-bond donors (Lipinski definition) is 0. The third kappa shape index (κ3) is 2.73. The molecule has 1 amide bonds. The molecule has 1 aliphatic heterocycles. The minimum atomic E-state index is -0.0672. The summed E-state index contributed by atoms with van der Waals surface area (Å²) in [4.78, 5) is 24.7. The number of likely N-dealkylation sites (tertiary alicyclic amines) is 1. The fourth-order valence-electron chi connectivity index (χ4n) is 4.81. The van der Waals surface area contributed by atoms with Crippen molar-refractivity contribution < 1.29 is 4.79 Å². The Labute approximate surface area is 159 Å². The van der Waals surface area contributed by atoms with E-state index in [0.717, 1.165) is 61.3 Å². The van der Waals surface area contributed by atoms with Crippen LogP contribution in [0.5, 0.6) is 0 Å². The number of aromatic nitrogens is 3. The Bertz CT molecular complexity index is 1010. The van der Waals surface area contributed by atoms with Crippen molar-refractivity contribution in [2.75, 3.05) is 6.54 Å². The van der Waals surface area contributed by atoms with Gasteiger partial charge in [-0.25, -0.2) is 4.98 Å². The number of fused-ring (bicyclic) bond motifs is 2. The van der Waals surface area contributed by atoms with Crippen molar-refractivity contribution in [3.8, 4) is 0 Å². The van der Waals surface area contributed by atoms with Crippen LogP contribution in [-0.4, -0.2) is 37.9 Å². The standard InChI is InChI=1S/C22H24N4O/c1-15-24-19-8-2-3-9-20(19)26(15)14-17-7-5-13-25(17)22(27)18-11-10-16-6-4-12-23-21(16)18/h2-4,6,8-9,12,17-18H,5,7,10-11,13-14H2,1H3. The lowest BCUT2D eigenvalue weighted by Gasteiger charge is -2.28. The third-order valence-electron chi connectivity index (χ3n) is 6.16. The first kappa shape index (κ1) is 16.5. The van der Waals surface area contributed by atoms with Crippen molar-refractivity contribution in [3.63, 3.8) is 0 Å². The summed E-state index contributed by atoms with van der Waals surface area (Å²) in [5.41, 5.74) is 4.42. The lowest BCUT2D eigenvalue weighted by Crippen LogP contribution is -2.40. The number of rotatable bonds is 3. The van der Waals surface area contributed by atoms with Crippen LogP contribution in [0.15, 0.2) is 42.6 Å². The van der Waals surface area contributed by atoms with E-state index in [-0.39, 0.29) is 17.9 Å². The van der Waals surface area contributed by atoms with E-state index in [1.165, 1.54) is 5.56 Å². The van der Waals surface area contributed by atoms with E-state index in [2.05, 4.69) is 50.6 Å². The molecule has 2 unspecified atom stereocenters. The fraction of sp³-hybridized carbons (Fsp3) is 0.409. The molecule has 0 bridgehead atoms. The minimum absolute atomic E-state index is 0.0672. The fourth-order valence-corrected chi connectivity index (χ4v) is 4.81. The summed E-state index contributed by atoms with van der Waals surface area (Å²) in [6.07, 6.45) is 5.79. The normalized spacial score (nSPS) is 21.7. The van der Waals surface area contributed by atoms with Crippen LogP contribution in [0.25, 0.3) is 11.0 Å². The topological polar surface area (TPSA) is 51.0 Å². The van der Waals surface area contributed by atoms with Gasteiger partial charge in [0.15, 0.2) is 0 Å². The van der Waals surface area contributed by atoms with Crippen LogP contribution in [0.1, 0.15) is 42.3 Å². The van der Waals surface area contributed by atoms with E-state index in [1.807, 2.05) is 18.3 Å². The molecule has 5 heteroatoms. The zero-order chi connectivity index (χ0) is 18.4. The van der Waals surface area contributed by atoms with E-state index < -0.39 is 0 Å². The van der Waals surface area contributed by atoms with Gasteiger partial charge in [0, 0.05) is 25.3 Å². The van der Waals surface area contributed by atoms with Crippen LogP contribution in [0.4, 0.5) is 0 Å². The molecule has 1 aliphatic carbocycles. The highest BCUT2D eigenvalue weighted by Crippen LogP contribution is 2.35. The molecule has 5 rings (SSSR count). The molecule has 0 radical (unpaired) electrons. The average molecular weight is 360 g/mol. The highest BCUT2D eigenvalue weighted by molar-refractivity contribution is 5.85. The number of para-hydroxylation sites is 2. The summed E-state index contributed by atoms with van der Waals surface area (Å²) < 4.78 is 2.27. The maximum Gasteiger partial charge on any atom is 0.232 e. The predicted molar refractivity (Wildman–Crippen MR) is 105 cm³/mol. The Morgan fingerprint density at radius 3 is 3.00 bits per heavy atom. The van der Waals surface area contributed by atoms with Crippen LogP contribution in [0, 0.1) is 6.92 Å². The number of pyridine rings is 1. The molecule has 27 heavy (non-hydrogen) atoms. The molecule has 2 atom stereocenters. The van der Waals surface area contributed by atoms with Crippen molar-refractivity contribution >= 4 is 16.9 Å². The largest absolute Gasteiger partial charge is 0.337 e. The van der Waals surface area contributed by atoms with Crippen LogP contribution in [0.3, 0.4) is 0 Å². The van der Waals surface area contributed by atoms with E-state index >= 15 is 0 Å². The molecule has 0 saturated carbocycles. The number of aryl methyl sites for hydroxylation is 2. The summed E-state index contributed by atoms with van der Waals surface area (Å²) in [5, 5.41) is 0. The second-order valence-corrected chi connectivity index (χ2v) is 7.73. The van der Waals surface area contributed by atoms with Gasteiger partial charge < -0.3 is 9.47 Å². The molecule has 1 fully saturated rings. The summed E-state index contributed by atoms with van der Waals surface area (Å²) in [6, 6.07) is 12.6. The summed E-state index contributed by atoms with van der Waals surface area (Å²) in [7, 11) is 0. The average Bonchev–Trinajstić information content (AvgIpc) is 3.39. The van der Waals surface area contributed by atoms with E-state index in [4.69, 9.17) is 0 Å². The molecule has 3 heterocycles. The van der Waals surface area contributed by atoms with Gasteiger partial charge in [0.2, 0.25) is 5.91 Å². The van der Waals surface area contributed by atoms with E-state index in [9.17, 15) is 4.79 Å². The molecule has 1 saturated heterocycles. The maximum atomic E-state index is 13.4. The Kier molecular flexibility index (Phi) is 3.96. The van der Waals surface area contributed by atoms with Gasteiger partial charge in [-0.2, -0.15) is 0 Å². The Morgan fingerprint density at radius 1 is 1.19 bits per heavy atom. The van der Waals surface area contributed by atoms with Crippen LogP contribution < -0.4 is 0 Å². The first-order chi connectivity index (χ1) is 13.2. The van der Waals surface area contributed by atoms with Gasteiger partial charge in [-0.3, -0.25) is 9.78 Å².